The van der Waals surface area contributed by atoms with Gasteiger partial charge in [0.15, 0.2) is 0 Å². The van der Waals surface area contributed by atoms with Gasteiger partial charge < -0.3 is 5.32 Å². The van der Waals surface area contributed by atoms with Gasteiger partial charge in [0.25, 0.3) is 0 Å². The van der Waals surface area contributed by atoms with E-state index in [-0.39, 0.29) is 0 Å². The van der Waals surface area contributed by atoms with Crippen LogP contribution in [0.2, 0.25) is 0 Å². The molecule has 1 unspecified atom stereocenters. The van der Waals surface area contributed by atoms with Crippen LogP contribution in [0.3, 0.4) is 0 Å². The fraction of sp³-hybridized carbons (Fsp3) is 0.600. The Morgan fingerprint density at radius 3 is 2.82 bits per heavy atom. The van der Waals surface area contributed by atoms with E-state index in [4.69, 9.17) is 0 Å². The van der Waals surface area contributed by atoms with Crippen LogP contribution < -0.4 is 5.32 Å². The molecule has 1 aliphatic heterocycles. The Morgan fingerprint density at radius 2 is 2.12 bits per heavy atom. The quantitative estimate of drug-likeness (QED) is 0.861. The van der Waals surface area contributed by atoms with Gasteiger partial charge in [-0.1, -0.05) is 18.2 Å². The number of likely N-dealkylation sites (N-methyl/N-ethyl adjacent to an activating group) is 1. The van der Waals surface area contributed by atoms with Gasteiger partial charge in [-0.05, 0) is 57.0 Å². The summed E-state index contributed by atoms with van der Waals surface area (Å²) in [6.07, 6.45) is 2.64. The molecule has 17 heavy (non-hydrogen) atoms. The standard InChI is InChI=1S/C15H24N2/c1-12-6-7-14(9-13(12)2)10-17-8-4-5-15(11-17)16-3/h6-7,9,15-16H,4-5,8,10-11H2,1-3H3. The summed E-state index contributed by atoms with van der Waals surface area (Å²) in [5, 5.41) is 3.40. The second-order valence-corrected chi connectivity index (χ2v) is 5.28. The summed E-state index contributed by atoms with van der Waals surface area (Å²) in [6.45, 7) is 7.90. The number of aryl methyl sites for hydroxylation is 2. The lowest BCUT2D eigenvalue weighted by atomic mass is 10.0. The van der Waals surface area contributed by atoms with Crippen LogP contribution in [0.4, 0.5) is 0 Å². The summed E-state index contributed by atoms with van der Waals surface area (Å²) in [7, 11) is 2.07. The molecule has 0 aromatic heterocycles. The number of nitrogens with one attached hydrogen (secondary N) is 1. The predicted molar refractivity (Wildman–Crippen MR) is 73.3 cm³/mol. The summed E-state index contributed by atoms with van der Waals surface area (Å²) in [5.41, 5.74) is 4.25. The molecule has 0 bridgehead atoms. The van der Waals surface area contributed by atoms with Crippen molar-refractivity contribution in [2.45, 2.75) is 39.3 Å². The van der Waals surface area contributed by atoms with Crippen molar-refractivity contribution in [2.75, 3.05) is 20.1 Å². The highest BCUT2D eigenvalue weighted by Gasteiger charge is 2.18. The number of hydrogen-bond acceptors (Lipinski definition) is 2. The minimum Gasteiger partial charge on any atom is -0.316 e. The number of benzene rings is 1. The molecule has 0 saturated carbocycles. The van der Waals surface area contributed by atoms with Gasteiger partial charge in [0.2, 0.25) is 0 Å². The molecule has 1 aliphatic rings. The monoisotopic (exact) mass is 232 g/mol. The van der Waals surface area contributed by atoms with Gasteiger partial charge in [-0.25, -0.2) is 0 Å². The third kappa shape index (κ3) is 3.30. The minimum atomic E-state index is 0.676. The number of hydrogen-bond donors (Lipinski definition) is 1. The van der Waals surface area contributed by atoms with Crippen molar-refractivity contribution in [1.82, 2.24) is 10.2 Å². The van der Waals surface area contributed by atoms with Crippen molar-refractivity contribution in [3.05, 3.63) is 34.9 Å². The molecule has 0 spiro atoms. The van der Waals surface area contributed by atoms with Gasteiger partial charge in [-0.2, -0.15) is 0 Å². The first-order valence-corrected chi connectivity index (χ1v) is 6.65. The highest BCUT2D eigenvalue weighted by Crippen LogP contribution is 2.15. The number of likely N-dealkylation sites (tertiary alicyclic amines) is 1. The molecular weight excluding hydrogens is 208 g/mol. The molecule has 1 fully saturated rings. The average molecular weight is 232 g/mol. The lowest BCUT2D eigenvalue weighted by Crippen LogP contribution is -2.43. The summed E-state index contributed by atoms with van der Waals surface area (Å²) in [6, 6.07) is 7.52. The van der Waals surface area contributed by atoms with Gasteiger partial charge in [0, 0.05) is 19.1 Å². The maximum absolute atomic E-state index is 3.40. The van der Waals surface area contributed by atoms with Crippen molar-refractivity contribution in [3.8, 4) is 0 Å². The topological polar surface area (TPSA) is 15.3 Å². The Balaban J connectivity index is 1.97. The zero-order valence-corrected chi connectivity index (χ0v) is 11.3. The van der Waals surface area contributed by atoms with Crippen LogP contribution in [0, 0.1) is 13.8 Å². The first-order chi connectivity index (χ1) is 8.19. The van der Waals surface area contributed by atoms with E-state index in [0.717, 1.165) is 6.54 Å². The molecule has 1 aromatic rings. The molecule has 2 heteroatoms. The maximum Gasteiger partial charge on any atom is 0.0234 e. The Labute approximate surface area is 105 Å². The Kier molecular flexibility index (Phi) is 4.19. The molecule has 0 aliphatic carbocycles. The molecule has 2 rings (SSSR count). The van der Waals surface area contributed by atoms with E-state index in [1.165, 1.54) is 42.6 Å². The molecule has 0 amide bonds. The lowest BCUT2D eigenvalue weighted by Gasteiger charge is -2.32. The van der Waals surface area contributed by atoms with Crippen molar-refractivity contribution in [3.63, 3.8) is 0 Å². The summed E-state index contributed by atoms with van der Waals surface area (Å²) in [4.78, 5) is 2.56. The van der Waals surface area contributed by atoms with Crippen LogP contribution in [0.5, 0.6) is 0 Å². The minimum absolute atomic E-state index is 0.676. The third-order valence-corrected chi connectivity index (χ3v) is 3.89. The molecule has 1 heterocycles. The van der Waals surface area contributed by atoms with Gasteiger partial charge in [-0.15, -0.1) is 0 Å². The highest BCUT2D eigenvalue weighted by molar-refractivity contribution is 5.29. The van der Waals surface area contributed by atoms with E-state index >= 15 is 0 Å². The second kappa shape index (κ2) is 5.65. The Bertz CT molecular complexity index is 373. The van der Waals surface area contributed by atoms with Crippen LogP contribution in [0.25, 0.3) is 0 Å². The summed E-state index contributed by atoms with van der Waals surface area (Å²) in [5.74, 6) is 0. The third-order valence-electron chi connectivity index (χ3n) is 3.89. The average Bonchev–Trinajstić information content (AvgIpc) is 2.34. The van der Waals surface area contributed by atoms with Gasteiger partial charge >= 0.3 is 0 Å². The van der Waals surface area contributed by atoms with Crippen LogP contribution >= 0.6 is 0 Å². The van der Waals surface area contributed by atoms with E-state index in [0.29, 0.717) is 6.04 Å². The number of piperidine rings is 1. The fourth-order valence-corrected chi connectivity index (χ4v) is 2.59. The van der Waals surface area contributed by atoms with Gasteiger partial charge in [0.05, 0.1) is 0 Å². The summed E-state index contributed by atoms with van der Waals surface area (Å²) < 4.78 is 0. The zero-order chi connectivity index (χ0) is 12.3. The van der Waals surface area contributed by atoms with Crippen molar-refractivity contribution in [2.24, 2.45) is 0 Å². The predicted octanol–water partition coefficient (Wildman–Crippen LogP) is 2.49. The van der Waals surface area contributed by atoms with E-state index in [2.05, 4.69) is 49.3 Å². The molecular formula is C15H24N2. The Hall–Kier alpha value is -0.860. The molecule has 1 N–H and O–H groups in total. The molecule has 1 atom stereocenters. The largest absolute Gasteiger partial charge is 0.316 e. The Morgan fingerprint density at radius 1 is 1.29 bits per heavy atom. The molecule has 1 saturated heterocycles. The first kappa shape index (κ1) is 12.6. The van der Waals surface area contributed by atoms with Crippen molar-refractivity contribution < 1.29 is 0 Å². The van der Waals surface area contributed by atoms with Crippen LogP contribution in [-0.2, 0) is 6.54 Å². The molecule has 2 nitrogen and oxygen atoms in total. The summed E-state index contributed by atoms with van der Waals surface area (Å²) >= 11 is 0. The van der Waals surface area contributed by atoms with E-state index < -0.39 is 0 Å². The first-order valence-electron chi connectivity index (χ1n) is 6.65. The maximum atomic E-state index is 3.40. The highest BCUT2D eigenvalue weighted by atomic mass is 15.2. The fourth-order valence-electron chi connectivity index (χ4n) is 2.59. The van der Waals surface area contributed by atoms with E-state index in [1.54, 1.807) is 0 Å². The molecule has 1 aromatic carbocycles. The van der Waals surface area contributed by atoms with Crippen LogP contribution in [0.15, 0.2) is 18.2 Å². The van der Waals surface area contributed by atoms with Crippen molar-refractivity contribution >= 4 is 0 Å². The SMILES string of the molecule is CNC1CCCN(Cc2ccc(C)c(C)c2)C1. The lowest BCUT2D eigenvalue weighted by molar-refractivity contribution is 0.188. The van der Waals surface area contributed by atoms with Gasteiger partial charge in [0.1, 0.15) is 0 Å². The van der Waals surface area contributed by atoms with Gasteiger partial charge in [-0.3, -0.25) is 4.90 Å². The zero-order valence-electron chi connectivity index (χ0n) is 11.3. The second-order valence-electron chi connectivity index (χ2n) is 5.28. The normalized spacial score (nSPS) is 21.7. The molecule has 0 radical (unpaired) electrons. The number of nitrogens with zero attached hydrogens (tertiary/aromatic N) is 1. The smallest absolute Gasteiger partial charge is 0.0234 e. The number of rotatable bonds is 3. The van der Waals surface area contributed by atoms with E-state index in [1.807, 2.05) is 0 Å². The van der Waals surface area contributed by atoms with Crippen LogP contribution in [-0.4, -0.2) is 31.1 Å². The van der Waals surface area contributed by atoms with Crippen LogP contribution in [0.1, 0.15) is 29.5 Å². The van der Waals surface area contributed by atoms with E-state index in [9.17, 15) is 0 Å². The van der Waals surface area contributed by atoms with Crippen molar-refractivity contribution in [1.29, 1.82) is 0 Å². The molecule has 94 valence electrons.